The highest BCUT2D eigenvalue weighted by molar-refractivity contribution is 5.52. The SMILES string of the molecule is C#CC.C#CC1C(=C)N2C(C(=C)C)=C(/C=C/CCc3cc(CCCCC)cc(C)c3C3C=C(C)CCC3)C(C)C12.C=CC. The van der Waals surface area contributed by atoms with Crippen molar-refractivity contribution in [2.24, 2.45) is 11.8 Å². The number of allylic oxidation sites excluding steroid dienone is 6. The molecule has 43 heavy (non-hydrogen) atoms. The van der Waals surface area contributed by atoms with E-state index >= 15 is 0 Å². The van der Waals surface area contributed by atoms with E-state index in [0.29, 0.717) is 17.9 Å². The van der Waals surface area contributed by atoms with Gasteiger partial charge < -0.3 is 4.90 Å². The standard InChI is InChI=1S/C36H47N.C3H6.C3H4/c1-9-11-12-17-29-22-26(6)34(30-19-15-16-25(5)21-30)31(23-29)18-13-14-20-33-27(7)36-32(10-2)28(8)37(36)35(33)24(3)4;2*1-3-2/h2,14,20-23,27,30,32,36H,3,8-9,11-13,15-19H2,1,4-7H3;3H,1H2,2H3;1H,2H3/b20-14+;;. The lowest BCUT2D eigenvalue weighted by Gasteiger charge is -2.48. The van der Waals surface area contributed by atoms with Crippen LogP contribution in [0, 0.1) is 43.4 Å². The minimum absolute atomic E-state index is 0.142. The molecule has 0 radical (unpaired) electrons. The molecule has 1 heteroatoms. The van der Waals surface area contributed by atoms with Gasteiger partial charge >= 0.3 is 0 Å². The smallest absolute Gasteiger partial charge is 0.0809 e. The van der Waals surface area contributed by atoms with Crippen molar-refractivity contribution in [2.45, 2.75) is 118 Å². The second-order valence-corrected chi connectivity index (χ2v) is 12.5. The molecular weight excluding hydrogens is 518 g/mol. The lowest BCUT2D eigenvalue weighted by molar-refractivity contribution is 0.153. The summed E-state index contributed by atoms with van der Waals surface area (Å²) < 4.78 is 0. The van der Waals surface area contributed by atoms with E-state index in [4.69, 9.17) is 6.42 Å². The van der Waals surface area contributed by atoms with Gasteiger partial charge in [-0.2, -0.15) is 0 Å². The van der Waals surface area contributed by atoms with Crippen LogP contribution >= 0.6 is 0 Å². The maximum Gasteiger partial charge on any atom is 0.0809 e. The Bertz CT molecular complexity index is 1310. The van der Waals surface area contributed by atoms with Crippen molar-refractivity contribution in [3.63, 3.8) is 0 Å². The first-order valence-electron chi connectivity index (χ1n) is 16.4. The van der Waals surface area contributed by atoms with Crippen LogP contribution in [0.5, 0.6) is 0 Å². The zero-order valence-corrected chi connectivity index (χ0v) is 28.4. The second-order valence-electron chi connectivity index (χ2n) is 12.5. The molecule has 4 unspecified atom stereocenters. The molecule has 1 aromatic rings. The number of hydrogen-bond donors (Lipinski definition) is 0. The molecule has 0 N–H and O–H groups in total. The highest BCUT2D eigenvalue weighted by Gasteiger charge is 2.51. The molecule has 4 atom stereocenters. The van der Waals surface area contributed by atoms with Gasteiger partial charge in [0.05, 0.1) is 12.0 Å². The zero-order valence-electron chi connectivity index (χ0n) is 28.4. The van der Waals surface area contributed by atoms with Gasteiger partial charge in [0, 0.05) is 23.2 Å². The number of benzene rings is 1. The van der Waals surface area contributed by atoms with Crippen LogP contribution in [-0.2, 0) is 12.8 Å². The molecule has 1 fully saturated rings. The van der Waals surface area contributed by atoms with Crippen LogP contribution in [0.15, 0.2) is 84.3 Å². The molecule has 1 aliphatic carbocycles. The van der Waals surface area contributed by atoms with Gasteiger partial charge in [-0.15, -0.1) is 25.3 Å². The summed E-state index contributed by atoms with van der Waals surface area (Å²) in [4.78, 5) is 2.34. The third kappa shape index (κ3) is 8.80. The van der Waals surface area contributed by atoms with Gasteiger partial charge in [-0.05, 0) is 113 Å². The third-order valence-corrected chi connectivity index (χ3v) is 8.83. The first-order chi connectivity index (χ1) is 20.6. The molecular formula is C42H57N. The molecule has 0 spiro atoms. The largest absolute Gasteiger partial charge is 0.339 e. The van der Waals surface area contributed by atoms with E-state index in [2.05, 4.69) is 108 Å². The lowest BCUT2D eigenvalue weighted by Crippen LogP contribution is -2.51. The van der Waals surface area contributed by atoms with Gasteiger partial charge in [0.1, 0.15) is 0 Å². The van der Waals surface area contributed by atoms with E-state index in [1.807, 2.05) is 6.92 Å². The van der Waals surface area contributed by atoms with Crippen molar-refractivity contribution < 1.29 is 0 Å². The summed E-state index contributed by atoms with van der Waals surface area (Å²) in [6.07, 6.45) is 30.5. The van der Waals surface area contributed by atoms with Gasteiger partial charge in [-0.3, -0.25) is 0 Å². The fraction of sp³-hybridized carbons (Fsp3) is 0.476. The monoisotopic (exact) mass is 575 g/mol. The number of aryl methyl sites for hydroxylation is 3. The topological polar surface area (TPSA) is 3.24 Å². The predicted octanol–water partition coefficient (Wildman–Crippen LogP) is 11.2. The molecule has 3 aliphatic rings. The van der Waals surface area contributed by atoms with Crippen molar-refractivity contribution in [1.82, 2.24) is 4.90 Å². The molecule has 230 valence electrons. The molecule has 0 bridgehead atoms. The van der Waals surface area contributed by atoms with Crippen LogP contribution in [0.1, 0.15) is 115 Å². The molecule has 1 aromatic carbocycles. The number of rotatable bonds is 10. The number of terminal acetylenes is 2. The van der Waals surface area contributed by atoms with Crippen LogP contribution < -0.4 is 0 Å². The van der Waals surface area contributed by atoms with Crippen LogP contribution in [0.4, 0.5) is 0 Å². The third-order valence-electron chi connectivity index (χ3n) is 8.83. The Morgan fingerprint density at radius 1 is 1.16 bits per heavy atom. The van der Waals surface area contributed by atoms with Gasteiger partial charge in [0.15, 0.2) is 0 Å². The zero-order chi connectivity index (χ0) is 32.1. The molecule has 1 nitrogen and oxygen atoms in total. The lowest BCUT2D eigenvalue weighted by atomic mass is 9.79. The molecule has 2 heterocycles. The number of hydrogen-bond acceptors (Lipinski definition) is 1. The van der Waals surface area contributed by atoms with Crippen LogP contribution in [0.25, 0.3) is 0 Å². The summed E-state index contributed by atoms with van der Waals surface area (Å²) in [5.74, 6) is 6.32. The highest BCUT2D eigenvalue weighted by Crippen LogP contribution is 2.52. The average Bonchev–Trinajstić information content (AvgIpc) is 3.20. The minimum Gasteiger partial charge on any atom is -0.339 e. The van der Waals surface area contributed by atoms with Crippen LogP contribution in [0.2, 0.25) is 0 Å². The van der Waals surface area contributed by atoms with E-state index in [-0.39, 0.29) is 5.92 Å². The minimum atomic E-state index is 0.142. The van der Waals surface area contributed by atoms with Crippen molar-refractivity contribution in [3.05, 3.63) is 107 Å². The molecule has 4 rings (SSSR count). The second kappa shape index (κ2) is 17.6. The molecule has 0 amide bonds. The Kier molecular flexibility index (Phi) is 14.7. The van der Waals surface area contributed by atoms with E-state index in [1.54, 1.807) is 29.7 Å². The van der Waals surface area contributed by atoms with Crippen molar-refractivity contribution in [2.75, 3.05) is 0 Å². The van der Waals surface area contributed by atoms with E-state index in [9.17, 15) is 0 Å². The van der Waals surface area contributed by atoms with E-state index in [0.717, 1.165) is 24.1 Å². The molecule has 0 saturated carbocycles. The number of nitrogens with zero attached hydrogens (tertiary/aromatic N) is 1. The quantitative estimate of drug-likeness (QED) is 0.152. The van der Waals surface area contributed by atoms with Gasteiger partial charge in [-0.25, -0.2) is 0 Å². The van der Waals surface area contributed by atoms with Crippen LogP contribution in [0.3, 0.4) is 0 Å². The van der Waals surface area contributed by atoms with Crippen molar-refractivity contribution >= 4 is 0 Å². The highest BCUT2D eigenvalue weighted by atomic mass is 15.3. The maximum atomic E-state index is 5.84. The predicted molar refractivity (Wildman–Crippen MR) is 191 cm³/mol. The molecule has 2 aliphatic heterocycles. The van der Waals surface area contributed by atoms with E-state index in [1.165, 1.54) is 67.3 Å². The molecule has 0 aromatic heterocycles. The normalized spacial score (nSPS) is 22.2. The maximum absolute atomic E-state index is 5.84. The summed E-state index contributed by atoms with van der Waals surface area (Å²) in [6, 6.07) is 5.35. The van der Waals surface area contributed by atoms with Crippen LogP contribution in [-0.4, -0.2) is 10.9 Å². The summed E-state index contributed by atoms with van der Waals surface area (Å²) in [5.41, 5.74) is 12.5. The number of fused-ring (bicyclic) bond motifs is 1. The summed E-state index contributed by atoms with van der Waals surface area (Å²) in [6.45, 7) is 26.8. The fourth-order valence-electron chi connectivity index (χ4n) is 7.03. The Labute approximate surface area is 265 Å². The Morgan fingerprint density at radius 3 is 2.42 bits per heavy atom. The molecule has 1 saturated heterocycles. The summed E-state index contributed by atoms with van der Waals surface area (Å²) in [7, 11) is 0. The Hall–Kier alpha value is -3.42. The fourth-order valence-corrected chi connectivity index (χ4v) is 7.03. The van der Waals surface area contributed by atoms with Gasteiger partial charge in [0.2, 0.25) is 0 Å². The Morgan fingerprint density at radius 2 is 1.84 bits per heavy atom. The Balaban J connectivity index is 0.000000992. The number of unbranched alkanes of at least 4 members (excludes halogenated alkanes) is 2. The average molecular weight is 576 g/mol. The van der Waals surface area contributed by atoms with Gasteiger partial charge in [0.25, 0.3) is 0 Å². The summed E-state index contributed by atoms with van der Waals surface area (Å²) >= 11 is 0. The van der Waals surface area contributed by atoms with E-state index < -0.39 is 0 Å². The van der Waals surface area contributed by atoms with Gasteiger partial charge in [-0.1, -0.05) is 87.8 Å². The first kappa shape index (κ1) is 35.8. The van der Waals surface area contributed by atoms with Crippen molar-refractivity contribution in [3.8, 4) is 24.7 Å². The first-order valence-corrected chi connectivity index (χ1v) is 16.4. The summed E-state index contributed by atoms with van der Waals surface area (Å²) in [5, 5.41) is 0. The van der Waals surface area contributed by atoms with Crippen molar-refractivity contribution in [1.29, 1.82) is 0 Å².